The van der Waals surface area contributed by atoms with Crippen LogP contribution in [-0.4, -0.2) is 69.4 Å². The van der Waals surface area contributed by atoms with Gasteiger partial charge < -0.3 is 10.0 Å². The monoisotopic (exact) mass is 596 g/mol. The first-order valence-corrected chi connectivity index (χ1v) is 17.1. The van der Waals surface area contributed by atoms with E-state index in [4.69, 9.17) is 5.10 Å². The number of piperidine rings is 1. The van der Waals surface area contributed by atoms with E-state index in [1.54, 1.807) is 6.07 Å². The normalized spacial score (nSPS) is 22.7. The Kier molecular flexibility index (Phi) is 12.2. The molecule has 0 spiro atoms. The van der Waals surface area contributed by atoms with Gasteiger partial charge in [0, 0.05) is 30.7 Å². The highest BCUT2D eigenvalue weighted by Gasteiger charge is 2.42. The zero-order valence-electron chi connectivity index (χ0n) is 27.6. The van der Waals surface area contributed by atoms with E-state index in [1.165, 1.54) is 43.1 Å². The molecule has 1 aliphatic heterocycles. The number of likely N-dealkylation sites (N-methyl/N-ethyl adjacent to an activating group) is 1. The van der Waals surface area contributed by atoms with E-state index in [2.05, 4.69) is 47.4 Å². The van der Waals surface area contributed by atoms with E-state index in [1.807, 2.05) is 27.0 Å². The molecule has 4 rings (SSSR count). The first-order valence-electron chi connectivity index (χ1n) is 17.1. The Hall–Kier alpha value is -2.25. The van der Waals surface area contributed by atoms with Gasteiger partial charge in [-0.3, -0.25) is 14.4 Å². The Morgan fingerprint density at radius 2 is 1.79 bits per heavy atom. The molecule has 1 saturated heterocycles. The van der Waals surface area contributed by atoms with Gasteiger partial charge in [-0.15, -0.1) is 0 Å². The van der Waals surface area contributed by atoms with Crippen LogP contribution in [0.1, 0.15) is 115 Å². The average molecular weight is 597 g/mol. The van der Waals surface area contributed by atoms with E-state index in [-0.39, 0.29) is 23.7 Å². The number of hydrogen-bond donors (Lipinski definition) is 1. The molecule has 7 heteroatoms. The zero-order chi connectivity index (χ0) is 31.1. The number of aliphatic carboxylic acids is 1. The maximum atomic E-state index is 14.3. The van der Waals surface area contributed by atoms with Crippen LogP contribution in [-0.2, 0) is 17.8 Å². The first-order chi connectivity index (χ1) is 20.6. The molecule has 1 aromatic carbocycles. The summed E-state index contributed by atoms with van der Waals surface area (Å²) in [4.78, 5) is 16.8. The summed E-state index contributed by atoms with van der Waals surface area (Å²) in [6, 6.07) is 9.14. The lowest BCUT2D eigenvalue weighted by Crippen LogP contribution is -2.47. The van der Waals surface area contributed by atoms with Gasteiger partial charge in [0.2, 0.25) is 0 Å². The molecule has 2 heterocycles. The summed E-state index contributed by atoms with van der Waals surface area (Å²) in [5.74, 6) is 0.941. The second kappa shape index (κ2) is 15.7. The van der Waals surface area contributed by atoms with Gasteiger partial charge in [0.1, 0.15) is 11.9 Å². The molecule has 240 valence electrons. The summed E-state index contributed by atoms with van der Waals surface area (Å²) in [6.07, 6.45) is 10.2. The van der Waals surface area contributed by atoms with Crippen LogP contribution in [0.25, 0.3) is 0 Å². The Morgan fingerprint density at radius 1 is 1.09 bits per heavy atom. The average Bonchev–Trinajstić information content (AvgIpc) is 3.57. The minimum absolute atomic E-state index is 0.0226. The number of likely N-dealkylation sites (tertiary alicyclic amines) is 1. The number of aromatic nitrogens is 2. The summed E-state index contributed by atoms with van der Waals surface area (Å²) in [7, 11) is 1.97. The van der Waals surface area contributed by atoms with E-state index in [0.29, 0.717) is 11.8 Å². The van der Waals surface area contributed by atoms with Gasteiger partial charge in [0.05, 0.1) is 5.69 Å². The van der Waals surface area contributed by atoms with Crippen LogP contribution in [0.15, 0.2) is 30.3 Å². The van der Waals surface area contributed by atoms with Crippen LogP contribution in [0.5, 0.6) is 0 Å². The minimum atomic E-state index is -0.758. The number of halogens is 1. The topological polar surface area (TPSA) is 61.6 Å². The third kappa shape index (κ3) is 8.48. The Bertz CT molecular complexity index is 1150. The van der Waals surface area contributed by atoms with Crippen molar-refractivity contribution in [2.75, 3.05) is 26.7 Å². The molecule has 43 heavy (non-hydrogen) atoms. The fourth-order valence-corrected chi connectivity index (χ4v) is 8.30. The Morgan fingerprint density at radius 3 is 2.37 bits per heavy atom. The fraction of sp³-hybridized carbons (Fsp3) is 0.722. The molecule has 0 bridgehead atoms. The van der Waals surface area contributed by atoms with Crippen molar-refractivity contribution in [3.63, 3.8) is 0 Å². The van der Waals surface area contributed by atoms with Crippen molar-refractivity contribution in [1.82, 2.24) is 19.6 Å². The lowest BCUT2D eigenvalue weighted by molar-refractivity contribution is -0.145. The van der Waals surface area contributed by atoms with Crippen molar-refractivity contribution in [3.8, 4) is 0 Å². The molecule has 2 aromatic rings. The van der Waals surface area contributed by atoms with Crippen molar-refractivity contribution in [2.24, 2.45) is 17.8 Å². The maximum absolute atomic E-state index is 14.3. The van der Waals surface area contributed by atoms with Crippen LogP contribution in [0.2, 0.25) is 0 Å². The predicted molar refractivity (Wildman–Crippen MR) is 173 cm³/mol. The number of carboxylic acids is 1. The highest BCUT2D eigenvalue weighted by molar-refractivity contribution is 5.73. The minimum Gasteiger partial charge on any atom is -0.480 e. The summed E-state index contributed by atoms with van der Waals surface area (Å²) < 4.78 is 16.6. The second-order valence-electron chi connectivity index (χ2n) is 13.8. The van der Waals surface area contributed by atoms with Crippen molar-refractivity contribution < 1.29 is 14.3 Å². The summed E-state index contributed by atoms with van der Waals surface area (Å²) in [5.41, 5.74) is 3.74. The number of carbonyl (C=O) groups is 1. The molecule has 2 fully saturated rings. The quantitative estimate of drug-likeness (QED) is 0.230. The number of aryl methyl sites for hydroxylation is 1. The van der Waals surface area contributed by atoms with Crippen LogP contribution in [0, 0.1) is 23.6 Å². The first kappa shape index (κ1) is 33.6. The molecular weight excluding hydrogens is 539 g/mol. The second-order valence-corrected chi connectivity index (χ2v) is 13.8. The maximum Gasteiger partial charge on any atom is 0.321 e. The van der Waals surface area contributed by atoms with Crippen molar-refractivity contribution in [2.45, 2.75) is 123 Å². The van der Waals surface area contributed by atoms with E-state index < -0.39 is 12.0 Å². The van der Waals surface area contributed by atoms with E-state index in [0.717, 1.165) is 69.8 Å². The van der Waals surface area contributed by atoms with Gasteiger partial charge in [-0.05, 0) is 107 Å². The van der Waals surface area contributed by atoms with Gasteiger partial charge in [-0.1, -0.05) is 65.5 Å². The molecule has 0 unspecified atom stereocenters. The van der Waals surface area contributed by atoms with Gasteiger partial charge in [-0.2, -0.15) is 5.10 Å². The summed E-state index contributed by atoms with van der Waals surface area (Å²) in [6.45, 7) is 14.8. The lowest BCUT2D eigenvalue weighted by Gasteiger charge is -2.35. The van der Waals surface area contributed by atoms with Crippen molar-refractivity contribution in [1.29, 1.82) is 0 Å². The number of nitrogens with zero attached hydrogens (tertiary/aromatic N) is 4. The third-order valence-corrected chi connectivity index (χ3v) is 10.4. The van der Waals surface area contributed by atoms with Crippen LogP contribution >= 0.6 is 0 Å². The molecule has 0 amide bonds. The van der Waals surface area contributed by atoms with Crippen molar-refractivity contribution >= 4 is 5.97 Å². The number of carboxylic acid groups (broad SMARTS) is 1. The zero-order valence-corrected chi connectivity index (χ0v) is 27.6. The van der Waals surface area contributed by atoms with Crippen molar-refractivity contribution in [3.05, 3.63) is 53.1 Å². The van der Waals surface area contributed by atoms with Gasteiger partial charge in [-0.25, -0.2) is 4.39 Å². The SMILES string of the molecule is CCCC(CCC)Cc1cc(C2CCN(C[C@H]3C[C@H](N(C)[C@@H](C(=O)O)C(C)C)C[C@@H]3c3cccc(F)c3)CC2)n(CC)n1. The van der Waals surface area contributed by atoms with E-state index in [9.17, 15) is 14.3 Å². The molecular formula is C36H57FN4O2. The molecule has 1 N–H and O–H groups in total. The summed E-state index contributed by atoms with van der Waals surface area (Å²) in [5, 5.41) is 15.0. The Balaban J connectivity index is 1.43. The molecule has 0 radical (unpaired) electrons. The van der Waals surface area contributed by atoms with E-state index >= 15 is 0 Å². The molecule has 1 aliphatic carbocycles. The van der Waals surface area contributed by atoms with Crippen LogP contribution in [0.3, 0.4) is 0 Å². The molecule has 4 atom stereocenters. The fourth-order valence-electron chi connectivity index (χ4n) is 8.30. The van der Waals surface area contributed by atoms with Gasteiger partial charge in [0.15, 0.2) is 0 Å². The number of rotatable bonds is 15. The van der Waals surface area contributed by atoms with Crippen LogP contribution in [0.4, 0.5) is 4.39 Å². The molecule has 1 aromatic heterocycles. The highest BCUT2D eigenvalue weighted by atomic mass is 19.1. The number of hydrogen-bond acceptors (Lipinski definition) is 4. The van der Waals surface area contributed by atoms with Gasteiger partial charge >= 0.3 is 5.97 Å². The lowest BCUT2D eigenvalue weighted by atomic mass is 9.87. The third-order valence-electron chi connectivity index (χ3n) is 10.4. The van der Waals surface area contributed by atoms with Crippen LogP contribution < -0.4 is 0 Å². The Labute approximate surface area is 260 Å². The molecule has 6 nitrogen and oxygen atoms in total. The standard InChI is InChI=1S/C36H57FN4O2/c1-7-11-26(12-8-2)19-31-22-34(41(9-3)38-31)27-15-17-40(18-16-27)24-29-21-32(39(6)35(25(4)5)36(42)43)23-33(29)28-13-10-14-30(37)20-28/h10,13-14,20,22,25-27,29,32-33,35H,7-9,11-12,15-19,21,23-24H2,1-6H3,(H,42,43)/t29-,32+,33-,35-/m1/s1. The predicted octanol–water partition coefficient (Wildman–Crippen LogP) is 7.58. The smallest absolute Gasteiger partial charge is 0.321 e. The number of benzene rings is 1. The molecule has 1 saturated carbocycles. The van der Waals surface area contributed by atoms with Gasteiger partial charge in [0.25, 0.3) is 0 Å². The largest absolute Gasteiger partial charge is 0.480 e. The highest BCUT2D eigenvalue weighted by Crippen LogP contribution is 2.43. The summed E-state index contributed by atoms with van der Waals surface area (Å²) >= 11 is 0. The molecule has 2 aliphatic rings.